The summed E-state index contributed by atoms with van der Waals surface area (Å²) < 4.78 is 58.9. The van der Waals surface area contributed by atoms with Gasteiger partial charge in [-0.15, -0.1) is 0 Å². The van der Waals surface area contributed by atoms with E-state index in [1.807, 2.05) is 0 Å². The third-order valence-electron chi connectivity index (χ3n) is 0.376. The largest absolute Gasteiger partial charge is 1.00 e. The second-order valence-corrected chi connectivity index (χ2v) is 3.99. The van der Waals surface area contributed by atoms with E-state index in [1.165, 1.54) is 0 Å². The van der Waals surface area contributed by atoms with Crippen LogP contribution >= 0.6 is 0 Å². The fraction of sp³-hybridized carbons (Fsp3) is 1.00. The topological polar surface area (TPSA) is 155 Å². The monoisotopic (exact) mass is 247 g/mol. The summed E-state index contributed by atoms with van der Waals surface area (Å²) in [5.74, 6) is -0.354. The summed E-state index contributed by atoms with van der Waals surface area (Å²) in [5, 5.41) is 0. The Balaban J connectivity index is -0.0000000651. The molecule has 0 spiro atoms. The molecule has 0 rings (SSSR count). The number of hydrogen-bond donors (Lipinski definition) is 4. The minimum atomic E-state index is -4.67. The molecule has 0 radical (unpaired) electrons. The van der Waals surface area contributed by atoms with Crippen LogP contribution in [0.1, 0.15) is 1.43 Å². The van der Waals surface area contributed by atoms with Crippen LogP contribution in [0.3, 0.4) is 0 Å². The van der Waals surface area contributed by atoms with Gasteiger partial charge >= 0.3 is 40.0 Å². The zero-order chi connectivity index (χ0) is 10.4. The van der Waals surface area contributed by atoms with Gasteiger partial charge < -0.3 is 7.16 Å². The van der Waals surface area contributed by atoms with Crippen molar-refractivity contribution in [2.24, 2.45) is 5.73 Å². The van der Waals surface area contributed by atoms with Crippen molar-refractivity contribution in [1.29, 1.82) is 0 Å². The molecule has 11 heteroatoms. The van der Waals surface area contributed by atoms with Crippen LogP contribution in [0.4, 0.5) is 0 Å². The summed E-state index contributed by atoms with van der Waals surface area (Å²) in [6.45, 7) is -0.0289. The Morgan fingerprint density at radius 1 is 1.08 bits per heavy atom. The van der Waals surface area contributed by atoms with Crippen LogP contribution in [0.15, 0.2) is 0 Å². The van der Waals surface area contributed by atoms with Crippen molar-refractivity contribution >= 4 is 20.5 Å². The molecule has 0 saturated heterocycles. The Hall–Kier alpha value is 0.740. The van der Waals surface area contributed by atoms with Crippen molar-refractivity contribution in [3.05, 3.63) is 0 Å². The van der Waals surface area contributed by atoms with Gasteiger partial charge in [-0.1, -0.05) is 0 Å². The van der Waals surface area contributed by atoms with Crippen LogP contribution < -0.4 is 35.3 Å². The van der Waals surface area contributed by atoms with E-state index in [-0.39, 0.29) is 43.3 Å². The van der Waals surface area contributed by atoms with Crippen molar-refractivity contribution < 1.29 is 61.5 Å². The molecule has 0 aliphatic heterocycles. The zero-order valence-corrected chi connectivity index (χ0v) is 10.4. The Labute approximate surface area is 99.6 Å². The summed E-state index contributed by atoms with van der Waals surface area (Å²) in [5.41, 5.74) is 4.78. The van der Waals surface area contributed by atoms with Crippen LogP contribution in [-0.2, 0) is 20.5 Å². The Bertz CT molecular complexity index is 290. The summed E-state index contributed by atoms with van der Waals surface area (Å²) in [4.78, 5) is 0. The van der Waals surface area contributed by atoms with E-state index in [0.717, 1.165) is 0 Å². The molecule has 78 valence electrons. The van der Waals surface area contributed by atoms with E-state index in [9.17, 15) is 8.42 Å². The molecule has 0 unspecified atom stereocenters. The summed E-state index contributed by atoms with van der Waals surface area (Å²) in [7, 11) is -8.47. The van der Waals surface area contributed by atoms with Crippen molar-refractivity contribution in [2.75, 3.05) is 12.3 Å². The smallest absolute Gasteiger partial charge is 1.00 e. The predicted octanol–water partition coefficient (Wildman–Crippen LogP) is -4.70. The molecule has 0 aromatic rings. The van der Waals surface area contributed by atoms with Gasteiger partial charge in [0, 0.05) is 6.54 Å². The fourth-order valence-corrected chi connectivity index (χ4v) is 0.447. The van der Waals surface area contributed by atoms with Gasteiger partial charge in [0.15, 0.2) is 0 Å². The van der Waals surface area contributed by atoms with Crippen LogP contribution in [0.2, 0.25) is 0 Å². The van der Waals surface area contributed by atoms with Gasteiger partial charge in [-0.3, -0.25) is 13.7 Å². The Morgan fingerprint density at radius 2 is 1.31 bits per heavy atom. The molecular weight excluding hydrogens is 237 g/mol. The van der Waals surface area contributed by atoms with Crippen molar-refractivity contribution in [1.82, 2.24) is 0 Å². The van der Waals surface area contributed by atoms with Crippen molar-refractivity contribution in [3.8, 4) is 0 Å². The Kier molecular flexibility index (Phi) is 12.0. The minimum absolute atomic E-state index is 0. The van der Waals surface area contributed by atoms with E-state index in [0.29, 0.717) is 0 Å². The first-order valence-corrected chi connectivity index (χ1v) is 5.42. The van der Waals surface area contributed by atoms with Crippen molar-refractivity contribution in [3.63, 3.8) is 0 Å². The standard InChI is InChI=1S/C2H7NO3S.Na.H2O4S.H/c3-1-2-7(4,5)6;;1-5(2,3)4;/h1-3H2,(H,4,5,6);;(H2,1,2,3,4);/q;+1;;-1. The Morgan fingerprint density at radius 3 is 1.31 bits per heavy atom. The molecule has 8 nitrogen and oxygen atoms in total. The average molecular weight is 247 g/mol. The first-order chi connectivity index (χ1) is 5.06. The first kappa shape index (κ1) is 19.3. The molecular formula is C2H10NNaO7S2. The molecule has 0 heterocycles. The number of nitrogens with two attached hydrogens (primary N) is 1. The molecule has 0 amide bonds. The molecule has 13 heavy (non-hydrogen) atoms. The third-order valence-corrected chi connectivity index (χ3v) is 1.13. The van der Waals surface area contributed by atoms with Gasteiger partial charge in [0.25, 0.3) is 10.1 Å². The molecule has 0 fully saturated rings. The quantitative estimate of drug-likeness (QED) is 0.280. The maximum absolute atomic E-state index is 9.71. The zero-order valence-electron chi connectivity index (χ0n) is 7.78. The molecule has 0 aliphatic carbocycles. The molecule has 0 aromatic carbocycles. The van der Waals surface area contributed by atoms with Gasteiger partial charge in [-0.2, -0.15) is 16.8 Å². The van der Waals surface area contributed by atoms with Crippen LogP contribution in [0.25, 0.3) is 0 Å². The maximum atomic E-state index is 9.71. The first-order valence-electron chi connectivity index (χ1n) is 2.41. The number of hydrogen-bond acceptors (Lipinski definition) is 5. The van der Waals surface area contributed by atoms with E-state index in [2.05, 4.69) is 0 Å². The molecule has 0 aromatic heterocycles. The van der Waals surface area contributed by atoms with Gasteiger partial charge in [0.05, 0.1) is 5.75 Å². The summed E-state index contributed by atoms with van der Waals surface area (Å²) >= 11 is 0. The summed E-state index contributed by atoms with van der Waals surface area (Å²) in [6, 6.07) is 0. The summed E-state index contributed by atoms with van der Waals surface area (Å²) in [6.07, 6.45) is 0. The second-order valence-electron chi connectivity index (χ2n) is 1.52. The molecule has 0 bridgehead atoms. The van der Waals surface area contributed by atoms with Crippen LogP contribution in [-0.4, -0.2) is 42.8 Å². The van der Waals surface area contributed by atoms with Crippen LogP contribution in [0, 0.1) is 0 Å². The van der Waals surface area contributed by atoms with Gasteiger partial charge in [0.1, 0.15) is 0 Å². The molecule has 0 aliphatic rings. The second kappa shape index (κ2) is 8.08. The molecule has 0 saturated carbocycles. The van der Waals surface area contributed by atoms with Crippen molar-refractivity contribution in [2.45, 2.75) is 0 Å². The minimum Gasteiger partial charge on any atom is -1.00 e. The third kappa shape index (κ3) is 65.4. The van der Waals surface area contributed by atoms with E-state index in [1.54, 1.807) is 0 Å². The van der Waals surface area contributed by atoms with Gasteiger partial charge in [-0.05, 0) is 0 Å². The SMILES string of the molecule is NCCS(=O)(=O)O.O=S(=O)(O)O.[H-].[Na+]. The normalized spacial score (nSPS) is 10.8. The van der Waals surface area contributed by atoms with Crippen LogP contribution in [0.5, 0.6) is 0 Å². The van der Waals surface area contributed by atoms with E-state index >= 15 is 0 Å². The fourth-order valence-electron chi connectivity index (χ4n) is 0.149. The maximum Gasteiger partial charge on any atom is 1.00 e. The predicted molar refractivity (Wildman–Crippen MR) is 40.8 cm³/mol. The average Bonchev–Trinajstić information content (AvgIpc) is 1.54. The van der Waals surface area contributed by atoms with Gasteiger partial charge in [-0.25, -0.2) is 0 Å². The van der Waals surface area contributed by atoms with E-state index < -0.39 is 20.5 Å². The molecule has 0 atom stereocenters. The number of rotatable bonds is 2. The van der Waals surface area contributed by atoms with Gasteiger partial charge in [0.2, 0.25) is 0 Å². The van der Waals surface area contributed by atoms with E-state index in [4.69, 9.17) is 27.8 Å². The molecule has 5 N–H and O–H groups in total.